The Balaban J connectivity index is 2.13. The molecule has 0 aliphatic carbocycles. The molecule has 0 aromatic carbocycles. The predicted molar refractivity (Wildman–Crippen MR) is 184 cm³/mol. The van der Waals surface area contributed by atoms with E-state index in [9.17, 15) is 25.2 Å². The van der Waals surface area contributed by atoms with E-state index in [2.05, 4.69) is 10.6 Å². The fourth-order valence-electron chi connectivity index (χ4n) is 8.21. The molecule has 3 saturated heterocycles. The topological polar surface area (TPSA) is 177 Å². The fraction of sp³-hybridized carbons (Fsp3) is 0.972. The van der Waals surface area contributed by atoms with Gasteiger partial charge < -0.3 is 59.5 Å². The maximum Gasteiger partial charge on any atom is 0.311 e. The smallest absolute Gasteiger partial charge is 0.311 e. The van der Waals surface area contributed by atoms with E-state index < -0.39 is 83.7 Å². The quantitative estimate of drug-likeness (QED) is 0.213. The highest BCUT2D eigenvalue weighted by Gasteiger charge is 2.51. The molecular weight excluding hydrogens is 636 g/mol. The van der Waals surface area contributed by atoms with Crippen LogP contribution in [-0.4, -0.2) is 131 Å². The number of ether oxygens (including phenoxy) is 6. The van der Waals surface area contributed by atoms with Crippen molar-refractivity contribution >= 4 is 5.97 Å². The molecular formula is C36H68N2O11. The summed E-state index contributed by atoms with van der Waals surface area (Å²) in [7, 11) is 3.43. The standard InChI is InChI=1S/C36H68N2O11/c1-13-26-36(10,43)30(40)24(7)38-18-19(2)15-35(9,42)31(49-33-28(39)25(37-11)14-20(3)46-33)22(5)29(23(6)32(41)47-26)48-27-17-34(8,44-12)16-21(4)45-27/h19-31,33,37-40,42-43H,13-18H2,1-12H3/t19-,20-,21+,22+,23-,24-,25+,26-,27+,28-,29+,30-,31-,33+,34+,35?,36-/m1/s1. The van der Waals surface area contributed by atoms with Gasteiger partial charge in [-0.3, -0.25) is 4.79 Å². The van der Waals surface area contributed by atoms with E-state index in [-0.39, 0.29) is 37.0 Å². The first-order valence-electron chi connectivity index (χ1n) is 18.3. The first-order valence-corrected chi connectivity index (χ1v) is 18.3. The van der Waals surface area contributed by atoms with Crippen LogP contribution in [0.2, 0.25) is 0 Å². The Hall–Kier alpha value is -0.970. The molecule has 288 valence electrons. The lowest BCUT2D eigenvalue weighted by atomic mass is 9.77. The fourth-order valence-corrected chi connectivity index (χ4v) is 8.21. The van der Waals surface area contributed by atoms with Crippen LogP contribution in [0.5, 0.6) is 0 Å². The monoisotopic (exact) mass is 704 g/mol. The van der Waals surface area contributed by atoms with E-state index in [0.717, 1.165) is 0 Å². The molecule has 0 bridgehead atoms. The molecule has 3 fully saturated rings. The van der Waals surface area contributed by atoms with Crippen molar-refractivity contribution in [3.8, 4) is 0 Å². The van der Waals surface area contributed by atoms with Crippen LogP contribution in [0.4, 0.5) is 0 Å². The highest BCUT2D eigenvalue weighted by atomic mass is 16.7. The zero-order valence-corrected chi connectivity index (χ0v) is 32.0. The summed E-state index contributed by atoms with van der Waals surface area (Å²) in [6.07, 6.45) is -5.36. The number of esters is 1. The van der Waals surface area contributed by atoms with Crippen LogP contribution in [0.25, 0.3) is 0 Å². The minimum Gasteiger partial charge on any atom is -0.459 e. The summed E-state index contributed by atoms with van der Waals surface area (Å²) in [5, 5.41) is 52.9. The number of nitrogens with one attached hydrogen (secondary N) is 2. The van der Waals surface area contributed by atoms with Crippen molar-refractivity contribution in [3.63, 3.8) is 0 Å². The van der Waals surface area contributed by atoms with Crippen molar-refractivity contribution in [2.24, 2.45) is 17.8 Å². The van der Waals surface area contributed by atoms with E-state index in [1.54, 1.807) is 41.9 Å². The number of methoxy groups -OCH3 is 1. The predicted octanol–water partition coefficient (Wildman–Crippen LogP) is 2.25. The van der Waals surface area contributed by atoms with Crippen molar-refractivity contribution in [2.45, 2.75) is 186 Å². The number of carbonyl (C=O) groups is 1. The van der Waals surface area contributed by atoms with Crippen LogP contribution >= 0.6 is 0 Å². The molecule has 3 aliphatic rings. The summed E-state index contributed by atoms with van der Waals surface area (Å²) >= 11 is 0. The Morgan fingerprint density at radius 1 is 0.959 bits per heavy atom. The van der Waals surface area contributed by atoms with Crippen LogP contribution in [0.1, 0.15) is 101 Å². The van der Waals surface area contributed by atoms with Crippen LogP contribution in [0, 0.1) is 17.8 Å². The van der Waals surface area contributed by atoms with E-state index >= 15 is 0 Å². The molecule has 13 nitrogen and oxygen atoms in total. The first-order chi connectivity index (χ1) is 22.7. The minimum atomic E-state index is -1.77. The van der Waals surface area contributed by atoms with Gasteiger partial charge in [0.2, 0.25) is 0 Å². The lowest BCUT2D eigenvalue weighted by molar-refractivity contribution is -0.306. The Bertz CT molecular complexity index is 1050. The Kier molecular flexibility index (Phi) is 14.9. The average molecular weight is 705 g/mol. The third kappa shape index (κ3) is 10.3. The summed E-state index contributed by atoms with van der Waals surface area (Å²) in [6.45, 7) is 18.5. The molecule has 3 rings (SSSR count). The van der Waals surface area contributed by atoms with Gasteiger partial charge in [-0.15, -0.1) is 0 Å². The highest BCUT2D eigenvalue weighted by Crippen LogP contribution is 2.39. The van der Waals surface area contributed by atoms with Gasteiger partial charge in [0.05, 0.1) is 41.5 Å². The molecule has 3 aliphatic heterocycles. The molecule has 0 radical (unpaired) electrons. The van der Waals surface area contributed by atoms with E-state index in [1.807, 2.05) is 34.6 Å². The zero-order chi connectivity index (χ0) is 37.1. The van der Waals surface area contributed by atoms with Gasteiger partial charge in [-0.05, 0) is 87.2 Å². The maximum absolute atomic E-state index is 14.1. The molecule has 1 unspecified atom stereocenters. The number of aliphatic hydroxyl groups excluding tert-OH is 2. The third-order valence-electron chi connectivity index (χ3n) is 11.2. The summed E-state index contributed by atoms with van der Waals surface area (Å²) in [4.78, 5) is 14.1. The Morgan fingerprint density at radius 2 is 1.61 bits per heavy atom. The first kappa shape index (κ1) is 42.4. The number of hydrogen-bond acceptors (Lipinski definition) is 13. The van der Waals surface area contributed by atoms with Crippen molar-refractivity contribution in [2.75, 3.05) is 20.7 Å². The van der Waals surface area contributed by atoms with Gasteiger partial charge in [-0.25, -0.2) is 0 Å². The average Bonchev–Trinajstić information content (AvgIpc) is 3.02. The van der Waals surface area contributed by atoms with Crippen molar-refractivity contribution in [1.82, 2.24) is 10.6 Å². The SMILES string of the molecule is CC[C@H]1OC(=O)[C@H](C)[C@@H](O[C@H]2C[C@@](C)(OC)C[C@H](C)O2)[C@H](C)[C@@H](O[C@@H]2O[C@H](C)C[C@H](NC)[C@H]2O)C(C)(O)C[C@@H](C)CN[C@H](C)[C@@H](O)[C@]1(C)O. The molecule has 3 heterocycles. The van der Waals surface area contributed by atoms with Gasteiger partial charge in [-0.1, -0.05) is 20.8 Å². The van der Waals surface area contributed by atoms with Crippen molar-refractivity contribution in [1.29, 1.82) is 0 Å². The highest BCUT2D eigenvalue weighted by molar-refractivity contribution is 5.73. The van der Waals surface area contributed by atoms with Gasteiger partial charge in [0, 0.05) is 38.0 Å². The lowest BCUT2D eigenvalue weighted by Gasteiger charge is -2.47. The maximum atomic E-state index is 14.1. The van der Waals surface area contributed by atoms with Crippen LogP contribution in [-0.2, 0) is 33.2 Å². The number of rotatable bonds is 7. The molecule has 0 saturated carbocycles. The summed E-state index contributed by atoms with van der Waals surface area (Å²) in [6, 6.07) is -0.859. The van der Waals surface area contributed by atoms with E-state index in [1.165, 1.54) is 6.92 Å². The second-order valence-corrected chi connectivity index (χ2v) is 16.0. The summed E-state index contributed by atoms with van der Waals surface area (Å²) in [5.74, 6) is -2.38. The van der Waals surface area contributed by atoms with Gasteiger partial charge in [0.25, 0.3) is 0 Å². The Morgan fingerprint density at radius 3 is 2.20 bits per heavy atom. The molecule has 0 spiro atoms. The van der Waals surface area contributed by atoms with Gasteiger partial charge >= 0.3 is 5.97 Å². The summed E-state index contributed by atoms with van der Waals surface area (Å²) < 4.78 is 37.6. The molecule has 0 aromatic rings. The summed E-state index contributed by atoms with van der Waals surface area (Å²) in [5.41, 5.74) is -3.81. The lowest BCUT2D eigenvalue weighted by Crippen LogP contribution is -2.59. The molecule has 17 atom stereocenters. The number of aliphatic hydroxyl groups is 4. The van der Waals surface area contributed by atoms with Crippen LogP contribution < -0.4 is 10.6 Å². The van der Waals surface area contributed by atoms with E-state index in [0.29, 0.717) is 25.8 Å². The molecule has 0 aromatic heterocycles. The second-order valence-electron chi connectivity index (χ2n) is 16.0. The molecule has 49 heavy (non-hydrogen) atoms. The van der Waals surface area contributed by atoms with Crippen molar-refractivity contribution < 1.29 is 53.6 Å². The number of likely N-dealkylation sites (N-methyl/N-ethyl adjacent to an activating group) is 1. The van der Waals surface area contributed by atoms with Gasteiger partial charge in [0.1, 0.15) is 23.9 Å². The number of carbonyl (C=O) groups excluding carboxylic acids is 1. The minimum absolute atomic E-state index is 0.124. The molecule has 6 N–H and O–H groups in total. The molecule has 0 amide bonds. The number of cyclic esters (lactones) is 1. The Labute approximate surface area is 294 Å². The van der Waals surface area contributed by atoms with Gasteiger partial charge in [-0.2, -0.15) is 0 Å². The van der Waals surface area contributed by atoms with Gasteiger partial charge in [0.15, 0.2) is 12.6 Å². The van der Waals surface area contributed by atoms with E-state index in [4.69, 9.17) is 28.4 Å². The zero-order valence-electron chi connectivity index (χ0n) is 32.0. The number of hydrogen-bond donors (Lipinski definition) is 6. The second kappa shape index (κ2) is 17.2. The van der Waals surface area contributed by atoms with Crippen LogP contribution in [0.3, 0.4) is 0 Å². The third-order valence-corrected chi connectivity index (χ3v) is 11.2. The normalized spacial score (nSPS) is 49.8. The van der Waals surface area contributed by atoms with Crippen molar-refractivity contribution in [3.05, 3.63) is 0 Å². The largest absolute Gasteiger partial charge is 0.459 e. The van der Waals surface area contributed by atoms with Crippen LogP contribution in [0.15, 0.2) is 0 Å². The molecule has 13 heteroatoms.